The van der Waals surface area contributed by atoms with Gasteiger partial charge in [-0.3, -0.25) is 9.48 Å². The average Bonchev–Trinajstić information content (AvgIpc) is 2.92. The Bertz CT molecular complexity index is 793. The molecule has 0 fully saturated rings. The predicted octanol–water partition coefficient (Wildman–Crippen LogP) is 3.01. The summed E-state index contributed by atoms with van der Waals surface area (Å²) in [4.78, 5) is 11.1. The van der Waals surface area contributed by atoms with Crippen LogP contribution in [0.15, 0.2) is 60.8 Å². The predicted molar refractivity (Wildman–Crippen MR) is 82.4 cm³/mol. The number of carboxylic acids is 1. The van der Waals surface area contributed by atoms with Gasteiger partial charge < -0.3 is 10.2 Å². The highest BCUT2D eigenvalue weighted by atomic mass is 16.4. The quantitative estimate of drug-likeness (QED) is 0.775. The number of aromatic hydroxyl groups is 1. The zero-order chi connectivity index (χ0) is 15.5. The molecule has 0 unspecified atom stereocenters. The van der Waals surface area contributed by atoms with Crippen LogP contribution in [0.4, 0.5) is 0 Å². The zero-order valence-corrected chi connectivity index (χ0v) is 11.7. The molecule has 2 aromatic carbocycles. The number of hydrogen-bond donors (Lipinski definition) is 2. The summed E-state index contributed by atoms with van der Waals surface area (Å²) in [7, 11) is 0. The molecule has 0 bridgehead atoms. The first-order valence-corrected chi connectivity index (χ1v) is 6.77. The van der Waals surface area contributed by atoms with Gasteiger partial charge in [-0.2, -0.15) is 5.10 Å². The Labute approximate surface area is 127 Å². The zero-order valence-electron chi connectivity index (χ0n) is 11.7. The van der Waals surface area contributed by atoms with Gasteiger partial charge in [0.2, 0.25) is 0 Å². The molecule has 110 valence electrons. The second-order valence-electron chi connectivity index (χ2n) is 4.87. The third kappa shape index (κ3) is 2.69. The number of phenolic OH excluding ortho intramolecular Hbond substituents is 1. The maximum atomic E-state index is 11.1. The van der Waals surface area contributed by atoms with Gasteiger partial charge in [0, 0.05) is 11.1 Å². The Morgan fingerprint density at radius 2 is 1.68 bits per heavy atom. The maximum absolute atomic E-state index is 11.1. The molecule has 0 aliphatic carbocycles. The molecule has 0 aliphatic rings. The Hall–Kier alpha value is -3.08. The molecule has 0 saturated heterocycles. The highest BCUT2D eigenvalue weighted by Crippen LogP contribution is 2.32. The monoisotopic (exact) mass is 294 g/mol. The SMILES string of the molecule is O=C(O)Cn1ncc(-c2ccccc2)c1-c1ccc(O)cc1. The minimum absolute atomic E-state index is 0.161. The van der Waals surface area contributed by atoms with Crippen LogP contribution in [0.5, 0.6) is 5.75 Å². The van der Waals surface area contributed by atoms with E-state index < -0.39 is 5.97 Å². The molecule has 22 heavy (non-hydrogen) atoms. The molecule has 5 nitrogen and oxygen atoms in total. The fraction of sp³-hybridized carbons (Fsp3) is 0.0588. The van der Waals surface area contributed by atoms with Crippen molar-refractivity contribution in [1.82, 2.24) is 9.78 Å². The summed E-state index contributed by atoms with van der Waals surface area (Å²) in [6.45, 7) is -0.219. The van der Waals surface area contributed by atoms with Gasteiger partial charge in [0.25, 0.3) is 0 Å². The third-order valence-corrected chi connectivity index (χ3v) is 3.35. The van der Waals surface area contributed by atoms with Gasteiger partial charge in [0.1, 0.15) is 12.3 Å². The minimum atomic E-state index is -0.956. The lowest BCUT2D eigenvalue weighted by atomic mass is 10.0. The normalized spacial score (nSPS) is 10.5. The molecule has 2 N–H and O–H groups in total. The summed E-state index contributed by atoms with van der Waals surface area (Å²) in [5, 5.41) is 22.7. The molecule has 0 atom stereocenters. The molecule has 1 aromatic heterocycles. The Kier molecular flexibility index (Phi) is 3.62. The highest BCUT2D eigenvalue weighted by Gasteiger charge is 2.16. The number of benzene rings is 2. The van der Waals surface area contributed by atoms with E-state index >= 15 is 0 Å². The van der Waals surface area contributed by atoms with Crippen molar-refractivity contribution in [2.45, 2.75) is 6.54 Å². The van der Waals surface area contributed by atoms with Crippen LogP contribution < -0.4 is 0 Å². The van der Waals surface area contributed by atoms with E-state index in [4.69, 9.17) is 5.11 Å². The fourth-order valence-corrected chi connectivity index (χ4v) is 2.39. The first kappa shape index (κ1) is 13.9. The van der Waals surface area contributed by atoms with Crippen molar-refractivity contribution >= 4 is 5.97 Å². The van der Waals surface area contributed by atoms with E-state index in [0.29, 0.717) is 5.69 Å². The summed E-state index contributed by atoms with van der Waals surface area (Å²) in [5.41, 5.74) is 3.33. The topological polar surface area (TPSA) is 75.3 Å². The van der Waals surface area contributed by atoms with Crippen LogP contribution in [0, 0.1) is 0 Å². The van der Waals surface area contributed by atoms with E-state index in [1.807, 2.05) is 30.3 Å². The standard InChI is InChI=1S/C17H14N2O3/c20-14-8-6-13(7-9-14)17-15(12-4-2-1-3-5-12)10-18-19(17)11-16(21)22/h1-10,20H,11H2,(H,21,22). The van der Waals surface area contributed by atoms with Crippen LogP contribution in [0.25, 0.3) is 22.4 Å². The van der Waals surface area contributed by atoms with Crippen LogP contribution in [-0.4, -0.2) is 26.0 Å². The van der Waals surface area contributed by atoms with Crippen molar-refractivity contribution in [2.24, 2.45) is 0 Å². The van der Waals surface area contributed by atoms with Gasteiger partial charge in [-0.25, -0.2) is 0 Å². The molecule has 0 saturated carbocycles. The summed E-state index contributed by atoms with van der Waals surface area (Å²) in [5.74, 6) is -0.794. The Balaban J connectivity index is 2.17. The molecular weight excluding hydrogens is 280 g/mol. The van der Waals surface area contributed by atoms with Crippen molar-refractivity contribution in [3.63, 3.8) is 0 Å². The largest absolute Gasteiger partial charge is 0.508 e. The molecule has 0 aliphatic heterocycles. The molecule has 3 aromatic rings. The second kappa shape index (κ2) is 5.73. The number of hydrogen-bond acceptors (Lipinski definition) is 3. The fourth-order valence-electron chi connectivity index (χ4n) is 2.39. The molecule has 0 amide bonds. The molecular formula is C17H14N2O3. The van der Waals surface area contributed by atoms with Gasteiger partial charge in [-0.1, -0.05) is 30.3 Å². The van der Waals surface area contributed by atoms with Crippen molar-refractivity contribution in [3.05, 3.63) is 60.8 Å². The first-order chi connectivity index (χ1) is 10.6. The molecule has 0 radical (unpaired) electrons. The Morgan fingerprint density at radius 1 is 1.00 bits per heavy atom. The van der Waals surface area contributed by atoms with E-state index in [9.17, 15) is 9.90 Å². The Morgan fingerprint density at radius 3 is 2.32 bits per heavy atom. The van der Waals surface area contributed by atoms with Gasteiger partial charge >= 0.3 is 5.97 Å². The smallest absolute Gasteiger partial charge is 0.325 e. The molecule has 5 heteroatoms. The van der Waals surface area contributed by atoms with Crippen LogP contribution in [0.3, 0.4) is 0 Å². The van der Waals surface area contributed by atoms with E-state index in [1.165, 1.54) is 4.68 Å². The van der Waals surface area contributed by atoms with Crippen LogP contribution >= 0.6 is 0 Å². The van der Waals surface area contributed by atoms with E-state index in [1.54, 1.807) is 30.5 Å². The molecule has 1 heterocycles. The minimum Gasteiger partial charge on any atom is -0.508 e. The number of carboxylic acid groups (broad SMARTS) is 1. The lowest BCUT2D eigenvalue weighted by molar-refractivity contribution is -0.137. The van der Waals surface area contributed by atoms with Crippen LogP contribution in [0.2, 0.25) is 0 Å². The summed E-state index contributed by atoms with van der Waals surface area (Å²) < 4.78 is 1.46. The van der Waals surface area contributed by atoms with E-state index in [2.05, 4.69) is 5.10 Å². The first-order valence-electron chi connectivity index (χ1n) is 6.77. The summed E-state index contributed by atoms with van der Waals surface area (Å²) >= 11 is 0. The van der Waals surface area contributed by atoms with Crippen molar-refractivity contribution in [3.8, 4) is 28.1 Å². The average molecular weight is 294 g/mol. The lowest BCUT2D eigenvalue weighted by Gasteiger charge is -2.09. The van der Waals surface area contributed by atoms with E-state index in [0.717, 1.165) is 16.7 Å². The van der Waals surface area contributed by atoms with Gasteiger partial charge in [-0.15, -0.1) is 0 Å². The lowest BCUT2D eigenvalue weighted by Crippen LogP contribution is -2.11. The number of carbonyl (C=O) groups is 1. The van der Waals surface area contributed by atoms with Crippen molar-refractivity contribution in [1.29, 1.82) is 0 Å². The van der Waals surface area contributed by atoms with Gasteiger partial charge in [-0.05, 0) is 29.8 Å². The third-order valence-electron chi connectivity index (χ3n) is 3.35. The number of rotatable bonds is 4. The summed E-state index contributed by atoms with van der Waals surface area (Å²) in [6, 6.07) is 16.3. The summed E-state index contributed by atoms with van der Waals surface area (Å²) in [6.07, 6.45) is 1.67. The van der Waals surface area contributed by atoms with Gasteiger partial charge in [0.05, 0.1) is 11.9 Å². The van der Waals surface area contributed by atoms with Crippen LogP contribution in [0.1, 0.15) is 0 Å². The van der Waals surface area contributed by atoms with Crippen LogP contribution in [-0.2, 0) is 11.3 Å². The number of phenols is 1. The van der Waals surface area contributed by atoms with Crippen molar-refractivity contribution < 1.29 is 15.0 Å². The molecule has 3 rings (SSSR count). The molecule has 0 spiro atoms. The number of aliphatic carboxylic acids is 1. The number of nitrogens with zero attached hydrogens (tertiary/aromatic N) is 2. The maximum Gasteiger partial charge on any atom is 0.325 e. The van der Waals surface area contributed by atoms with Gasteiger partial charge in [0.15, 0.2) is 0 Å². The van der Waals surface area contributed by atoms with E-state index in [-0.39, 0.29) is 12.3 Å². The number of aromatic nitrogens is 2. The second-order valence-corrected chi connectivity index (χ2v) is 4.87. The van der Waals surface area contributed by atoms with Crippen molar-refractivity contribution in [2.75, 3.05) is 0 Å². The highest BCUT2D eigenvalue weighted by molar-refractivity contribution is 5.82.